The van der Waals surface area contributed by atoms with E-state index >= 15 is 0 Å². The van der Waals surface area contributed by atoms with Gasteiger partial charge in [-0.2, -0.15) is 0 Å². The van der Waals surface area contributed by atoms with E-state index in [1.54, 1.807) is 29.1 Å². The molecule has 124 valence electrons. The van der Waals surface area contributed by atoms with Crippen LogP contribution in [0.2, 0.25) is 0 Å². The zero-order valence-electron chi connectivity index (χ0n) is 13.6. The molecule has 1 aliphatic rings. The van der Waals surface area contributed by atoms with Crippen LogP contribution in [-0.2, 0) is 13.0 Å². The van der Waals surface area contributed by atoms with Crippen molar-refractivity contribution in [1.82, 2.24) is 24.7 Å². The van der Waals surface area contributed by atoms with Gasteiger partial charge in [-0.05, 0) is 26.0 Å². The Balaban J connectivity index is 1.58. The maximum atomic E-state index is 12.6. The summed E-state index contributed by atoms with van der Waals surface area (Å²) in [5.74, 6) is 0.546. The molecule has 0 spiro atoms. The molecule has 0 fully saturated rings. The molecule has 0 saturated carbocycles. The van der Waals surface area contributed by atoms with E-state index in [1.165, 1.54) is 0 Å². The number of hydrogen-bond donors (Lipinski definition) is 1. The van der Waals surface area contributed by atoms with Crippen LogP contribution >= 0.6 is 0 Å². The Morgan fingerprint density at radius 1 is 1.38 bits per heavy atom. The van der Waals surface area contributed by atoms with Crippen LogP contribution in [0.25, 0.3) is 5.65 Å². The van der Waals surface area contributed by atoms with E-state index in [0.29, 0.717) is 24.0 Å². The van der Waals surface area contributed by atoms with Gasteiger partial charge >= 0.3 is 0 Å². The molecule has 0 saturated heterocycles. The molecular weight excluding hydrogens is 308 g/mol. The van der Waals surface area contributed by atoms with Crippen molar-refractivity contribution in [2.45, 2.75) is 32.9 Å². The van der Waals surface area contributed by atoms with Crippen molar-refractivity contribution in [2.75, 3.05) is 11.9 Å². The van der Waals surface area contributed by atoms with Crippen molar-refractivity contribution in [2.24, 2.45) is 0 Å². The lowest BCUT2D eigenvalue weighted by molar-refractivity contribution is 0.101. The van der Waals surface area contributed by atoms with E-state index in [2.05, 4.69) is 39.4 Å². The first-order chi connectivity index (χ1) is 11.6. The van der Waals surface area contributed by atoms with Gasteiger partial charge in [0.1, 0.15) is 12.1 Å². The number of nitrogens with zero attached hydrogens (tertiary/aromatic N) is 5. The van der Waals surface area contributed by atoms with Gasteiger partial charge in [0.15, 0.2) is 11.3 Å². The first kappa shape index (κ1) is 14.8. The lowest BCUT2D eigenvalue weighted by atomic mass is 10.0. The predicted molar refractivity (Wildman–Crippen MR) is 86.7 cm³/mol. The van der Waals surface area contributed by atoms with Crippen LogP contribution in [0.3, 0.4) is 0 Å². The summed E-state index contributed by atoms with van der Waals surface area (Å²) < 4.78 is 7.11. The fourth-order valence-electron chi connectivity index (χ4n) is 2.94. The molecule has 3 aromatic heterocycles. The number of pyridine rings is 1. The molecule has 0 radical (unpaired) electrons. The van der Waals surface area contributed by atoms with Crippen LogP contribution in [0.1, 0.15) is 35.7 Å². The summed E-state index contributed by atoms with van der Waals surface area (Å²) in [6, 6.07) is 4.00. The quantitative estimate of drug-likeness (QED) is 0.788. The zero-order chi connectivity index (χ0) is 16.7. The molecule has 4 heterocycles. The summed E-state index contributed by atoms with van der Waals surface area (Å²) in [5.41, 5.74) is 2.62. The molecule has 4 rings (SSSR count). The average molecular weight is 326 g/mol. The number of rotatable bonds is 3. The lowest BCUT2D eigenvalue weighted by Crippen LogP contribution is -2.36. The standard InChI is InChI=1S/C16H18N6O2/c1-10(2)21-6-5-13-12(8-21)15(20-24-13)16(23)18-11-3-4-14-19-17-9-22(14)7-11/h3-4,7,9-10H,5-6,8H2,1-2H3,(H,18,23). The smallest absolute Gasteiger partial charge is 0.278 e. The van der Waals surface area contributed by atoms with E-state index < -0.39 is 0 Å². The van der Waals surface area contributed by atoms with Crippen LogP contribution in [-0.4, -0.2) is 43.1 Å². The highest BCUT2D eigenvalue weighted by atomic mass is 16.5. The van der Waals surface area contributed by atoms with E-state index in [-0.39, 0.29) is 5.91 Å². The number of carbonyl (C=O) groups is 1. The Hall–Kier alpha value is -2.74. The van der Waals surface area contributed by atoms with Gasteiger partial charge in [-0.15, -0.1) is 10.2 Å². The molecule has 8 heteroatoms. The zero-order valence-corrected chi connectivity index (χ0v) is 13.6. The minimum atomic E-state index is -0.266. The van der Waals surface area contributed by atoms with Gasteiger partial charge < -0.3 is 9.84 Å². The van der Waals surface area contributed by atoms with E-state index in [0.717, 1.165) is 29.9 Å². The number of carbonyl (C=O) groups excluding carboxylic acids is 1. The van der Waals surface area contributed by atoms with Gasteiger partial charge in [0, 0.05) is 37.3 Å². The van der Waals surface area contributed by atoms with Crippen molar-refractivity contribution in [1.29, 1.82) is 0 Å². The van der Waals surface area contributed by atoms with Crippen LogP contribution in [0, 0.1) is 0 Å². The highest BCUT2D eigenvalue weighted by molar-refractivity contribution is 6.03. The third-order valence-corrected chi connectivity index (χ3v) is 4.35. The minimum absolute atomic E-state index is 0.266. The third kappa shape index (κ3) is 2.54. The highest BCUT2D eigenvalue weighted by Gasteiger charge is 2.28. The van der Waals surface area contributed by atoms with Crippen molar-refractivity contribution in [3.63, 3.8) is 0 Å². The maximum Gasteiger partial charge on any atom is 0.278 e. The molecule has 1 amide bonds. The number of amides is 1. The van der Waals surface area contributed by atoms with Crippen LogP contribution in [0.15, 0.2) is 29.2 Å². The van der Waals surface area contributed by atoms with E-state index in [4.69, 9.17) is 4.52 Å². The Morgan fingerprint density at radius 3 is 3.08 bits per heavy atom. The van der Waals surface area contributed by atoms with Crippen molar-refractivity contribution in [3.8, 4) is 0 Å². The molecular formula is C16H18N6O2. The Bertz CT molecular complexity index is 897. The summed E-state index contributed by atoms with van der Waals surface area (Å²) in [6.45, 7) is 5.90. The second-order valence-electron chi connectivity index (χ2n) is 6.22. The number of aromatic nitrogens is 4. The number of fused-ring (bicyclic) bond motifs is 2. The lowest BCUT2D eigenvalue weighted by Gasteiger charge is -2.29. The summed E-state index contributed by atoms with van der Waals surface area (Å²) in [6.07, 6.45) is 4.13. The number of anilines is 1. The maximum absolute atomic E-state index is 12.6. The Labute approximate surface area is 138 Å². The molecule has 1 N–H and O–H groups in total. The van der Waals surface area contributed by atoms with Crippen LogP contribution in [0.5, 0.6) is 0 Å². The molecule has 3 aromatic rings. The average Bonchev–Trinajstić information content (AvgIpc) is 3.20. The first-order valence-corrected chi connectivity index (χ1v) is 7.94. The largest absolute Gasteiger partial charge is 0.360 e. The molecule has 0 aromatic carbocycles. The van der Waals surface area contributed by atoms with E-state index in [9.17, 15) is 4.79 Å². The fraction of sp³-hybridized carbons (Fsp3) is 0.375. The summed E-state index contributed by atoms with van der Waals surface area (Å²) in [7, 11) is 0. The Morgan fingerprint density at radius 2 is 2.25 bits per heavy atom. The third-order valence-electron chi connectivity index (χ3n) is 4.35. The van der Waals surface area contributed by atoms with Gasteiger partial charge in [-0.3, -0.25) is 14.1 Å². The van der Waals surface area contributed by atoms with Crippen molar-refractivity contribution < 1.29 is 9.32 Å². The van der Waals surface area contributed by atoms with Crippen LogP contribution in [0.4, 0.5) is 5.69 Å². The van der Waals surface area contributed by atoms with Gasteiger partial charge in [0.25, 0.3) is 5.91 Å². The molecule has 0 atom stereocenters. The molecule has 24 heavy (non-hydrogen) atoms. The van der Waals surface area contributed by atoms with Gasteiger partial charge in [-0.1, -0.05) is 5.16 Å². The predicted octanol–water partition coefficient (Wildman–Crippen LogP) is 1.74. The van der Waals surface area contributed by atoms with E-state index in [1.807, 2.05) is 0 Å². The number of nitrogens with one attached hydrogen (secondary N) is 1. The summed E-state index contributed by atoms with van der Waals surface area (Å²) in [4.78, 5) is 14.9. The summed E-state index contributed by atoms with van der Waals surface area (Å²) in [5, 5.41) is 14.6. The second-order valence-corrected chi connectivity index (χ2v) is 6.22. The SMILES string of the molecule is CC(C)N1CCc2onc(C(=O)Nc3ccc4nncn4c3)c2C1. The monoisotopic (exact) mass is 326 g/mol. The fourth-order valence-corrected chi connectivity index (χ4v) is 2.94. The minimum Gasteiger partial charge on any atom is -0.360 e. The molecule has 1 aliphatic heterocycles. The van der Waals surface area contributed by atoms with Crippen LogP contribution < -0.4 is 5.32 Å². The Kier molecular flexibility index (Phi) is 3.53. The van der Waals surface area contributed by atoms with Gasteiger partial charge in [0.2, 0.25) is 0 Å². The molecule has 8 nitrogen and oxygen atoms in total. The highest BCUT2D eigenvalue weighted by Crippen LogP contribution is 2.24. The van der Waals surface area contributed by atoms with Crippen molar-refractivity contribution in [3.05, 3.63) is 41.7 Å². The molecule has 0 bridgehead atoms. The molecule has 0 aliphatic carbocycles. The van der Waals surface area contributed by atoms with Crippen molar-refractivity contribution >= 4 is 17.2 Å². The summed E-state index contributed by atoms with van der Waals surface area (Å²) >= 11 is 0. The normalized spacial score (nSPS) is 15.0. The topological polar surface area (TPSA) is 88.6 Å². The van der Waals surface area contributed by atoms with Gasteiger partial charge in [0.05, 0.1) is 5.69 Å². The number of hydrogen-bond acceptors (Lipinski definition) is 6. The first-order valence-electron chi connectivity index (χ1n) is 7.94. The molecule has 0 unspecified atom stereocenters. The second kappa shape index (κ2) is 5.72. The van der Waals surface area contributed by atoms with Gasteiger partial charge in [-0.25, -0.2) is 0 Å².